The molecule has 0 aromatic rings. The molecule has 0 amide bonds. The van der Waals surface area contributed by atoms with Gasteiger partial charge in [0.15, 0.2) is 0 Å². The fourth-order valence-electron chi connectivity index (χ4n) is 2.94. The summed E-state index contributed by atoms with van der Waals surface area (Å²) in [4.78, 5) is 2.65. The minimum atomic E-state index is 0.452. The summed E-state index contributed by atoms with van der Waals surface area (Å²) in [6.45, 7) is 12.1. The summed E-state index contributed by atoms with van der Waals surface area (Å²) >= 11 is 0. The number of nitrogens with zero attached hydrogens (tertiary/aromatic N) is 1. The highest BCUT2D eigenvalue weighted by molar-refractivity contribution is 4.92. The lowest BCUT2D eigenvalue weighted by molar-refractivity contribution is 0.219. The topological polar surface area (TPSA) is 15.3 Å². The minimum absolute atomic E-state index is 0.452. The van der Waals surface area contributed by atoms with Crippen LogP contribution < -0.4 is 5.32 Å². The average molecular weight is 196 g/mol. The van der Waals surface area contributed by atoms with Crippen LogP contribution in [0.3, 0.4) is 0 Å². The molecule has 2 fully saturated rings. The fraction of sp³-hybridized carbons (Fsp3) is 1.00. The van der Waals surface area contributed by atoms with Crippen molar-refractivity contribution in [1.29, 1.82) is 0 Å². The molecule has 2 unspecified atom stereocenters. The van der Waals surface area contributed by atoms with Crippen LogP contribution in [0.4, 0.5) is 0 Å². The Morgan fingerprint density at radius 1 is 1.29 bits per heavy atom. The van der Waals surface area contributed by atoms with E-state index in [1.807, 2.05) is 0 Å². The van der Waals surface area contributed by atoms with Crippen molar-refractivity contribution in [3.63, 3.8) is 0 Å². The highest BCUT2D eigenvalue weighted by Gasteiger charge is 2.35. The second kappa shape index (κ2) is 3.82. The van der Waals surface area contributed by atoms with Gasteiger partial charge in [-0.1, -0.05) is 20.8 Å². The van der Waals surface area contributed by atoms with Crippen LogP contribution in [0.5, 0.6) is 0 Å². The first-order valence-electron chi connectivity index (χ1n) is 6.00. The molecule has 82 valence electrons. The zero-order valence-electron chi connectivity index (χ0n) is 9.84. The van der Waals surface area contributed by atoms with Crippen molar-refractivity contribution in [3.05, 3.63) is 0 Å². The Hall–Kier alpha value is -0.0800. The molecular weight excluding hydrogens is 172 g/mol. The predicted octanol–water partition coefficient (Wildman–Crippen LogP) is 1.72. The van der Waals surface area contributed by atoms with E-state index in [0.29, 0.717) is 5.41 Å². The summed E-state index contributed by atoms with van der Waals surface area (Å²) in [6.07, 6.45) is 2.82. The van der Waals surface area contributed by atoms with Crippen molar-refractivity contribution in [2.75, 3.05) is 26.2 Å². The molecule has 0 spiro atoms. The molecule has 2 atom stereocenters. The summed E-state index contributed by atoms with van der Waals surface area (Å²) < 4.78 is 0. The Morgan fingerprint density at radius 3 is 2.71 bits per heavy atom. The van der Waals surface area contributed by atoms with Crippen LogP contribution in [-0.4, -0.2) is 37.1 Å². The van der Waals surface area contributed by atoms with E-state index in [9.17, 15) is 0 Å². The zero-order valence-corrected chi connectivity index (χ0v) is 9.84. The molecule has 2 heteroatoms. The van der Waals surface area contributed by atoms with Gasteiger partial charge in [-0.2, -0.15) is 0 Å². The van der Waals surface area contributed by atoms with E-state index in [1.54, 1.807) is 0 Å². The van der Waals surface area contributed by atoms with Crippen LogP contribution in [-0.2, 0) is 0 Å². The molecule has 2 heterocycles. The molecular formula is C12H24N2. The summed E-state index contributed by atoms with van der Waals surface area (Å²) in [7, 11) is 0. The van der Waals surface area contributed by atoms with Crippen molar-refractivity contribution in [1.82, 2.24) is 10.2 Å². The van der Waals surface area contributed by atoms with Crippen molar-refractivity contribution in [2.45, 2.75) is 39.7 Å². The third-order valence-electron chi connectivity index (χ3n) is 3.37. The molecule has 0 saturated carbocycles. The number of nitrogens with one attached hydrogen (secondary N) is 1. The number of fused-ring (bicyclic) bond motifs is 1. The third kappa shape index (κ3) is 2.48. The largest absolute Gasteiger partial charge is 0.312 e. The van der Waals surface area contributed by atoms with Crippen LogP contribution >= 0.6 is 0 Å². The molecule has 14 heavy (non-hydrogen) atoms. The van der Waals surface area contributed by atoms with Crippen LogP contribution in [0.15, 0.2) is 0 Å². The van der Waals surface area contributed by atoms with Crippen LogP contribution in [0.2, 0.25) is 0 Å². The number of piperidine rings is 1. The van der Waals surface area contributed by atoms with Gasteiger partial charge in [-0.15, -0.1) is 0 Å². The Morgan fingerprint density at radius 2 is 2.07 bits per heavy atom. The molecule has 0 radical (unpaired) electrons. The summed E-state index contributed by atoms with van der Waals surface area (Å²) in [6, 6.07) is 0.797. The summed E-state index contributed by atoms with van der Waals surface area (Å²) in [5.74, 6) is 0.936. The monoisotopic (exact) mass is 196 g/mol. The molecule has 0 aliphatic carbocycles. The van der Waals surface area contributed by atoms with E-state index in [0.717, 1.165) is 12.0 Å². The first-order chi connectivity index (χ1) is 6.54. The second-order valence-electron chi connectivity index (χ2n) is 6.22. The highest BCUT2D eigenvalue weighted by atomic mass is 15.2. The second-order valence-corrected chi connectivity index (χ2v) is 6.22. The molecule has 2 nitrogen and oxygen atoms in total. The maximum atomic E-state index is 3.66. The lowest BCUT2D eigenvalue weighted by atomic mass is 9.94. The Balaban J connectivity index is 1.87. The van der Waals surface area contributed by atoms with E-state index in [2.05, 4.69) is 31.0 Å². The minimum Gasteiger partial charge on any atom is -0.312 e. The van der Waals surface area contributed by atoms with E-state index in [-0.39, 0.29) is 0 Å². The Kier molecular flexibility index (Phi) is 2.85. The number of hydrogen-bond acceptors (Lipinski definition) is 2. The van der Waals surface area contributed by atoms with E-state index >= 15 is 0 Å². The quantitative estimate of drug-likeness (QED) is 0.687. The maximum Gasteiger partial charge on any atom is 0.0235 e. The maximum absolute atomic E-state index is 3.66. The third-order valence-corrected chi connectivity index (χ3v) is 3.37. The van der Waals surface area contributed by atoms with Gasteiger partial charge in [0, 0.05) is 25.7 Å². The molecule has 1 N–H and O–H groups in total. The Bertz CT molecular complexity index is 181. The molecule has 2 rings (SSSR count). The molecule has 0 aromatic heterocycles. The SMILES string of the molecule is CC(C)(C)CN1CC2CCCNC2C1. The average Bonchev–Trinajstić information content (AvgIpc) is 2.42. The number of likely N-dealkylation sites (tertiary alicyclic amines) is 1. The van der Waals surface area contributed by atoms with Crippen molar-refractivity contribution in [3.8, 4) is 0 Å². The fourth-order valence-corrected chi connectivity index (χ4v) is 2.94. The van der Waals surface area contributed by atoms with Crippen LogP contribution in [0.1, 0.15) is 33.6 Å². The van der Waals surface area contributed by atoms with Gasteiger partial charge in [-0.3, -0.25) is 0 Å². The first-order valence-corrected chi connectivity index (χ1v) is 6.00. The molecule has 2 aliphatic heterocycles. The van der Waals surface area contributed by atoms with Gasteiger partial charge in [-0.25, -0.2) is 0 Å². The van der Waals surface area contributed by atoms with Crippen LogP contribution in [0.25, 0.3) is 0 Å². The number of hydrogen-bond donors (Lipinski definition) is 1. The first kappa shape index (κ1) is 10.4. The van der Waals surface area contributed by atoms with E-state index in [1.165, 1.54) is 39.0 Å². The lowest BCUT2D eigenvalue weighted by Crippen LogP contribution is -2.41. The number of rotatable bonds is 1. The van der Waals surface area contributed by atoms with Gasteiger partial charge in [-0.05, 0) is 30.7 Å². The Labute approximate surface area is 88.1 Å². The standard InChI is InChI=1S/C12H24N2/c1-12(2,3)9-14-7-10-5-4-6-13-11(10)8-14/h10-11,13H,4-9H2,1-3H3. The molecule has 2 saturated heterocycles. The predicted molar refractivity (Wildman–Crippen MR) is 60.4 cm³/mol. The van der Waals surface area contributed by atoms with Gasteiger partial charge in [0.2, 0.25) is 0 Å². The van der Waals surface area contributed by atoms with Gasteiger partial charge >= 0.3 is 0 Å². The van der Waals surface area contributed by atoms with Crippen molar-refractivity contribution >= 4 is 0 Å². The smallest absolute Gasteiger partial charge is 0.0235 e. The van der Waals surface area contributed by atoms with Crippen molar-refractivity contribution < 1.29 is 0 Å². The zero-order chi connectivity index (χ0) is 10.2. The summed E-state index contributed by atoms with van der Waals surface area (Å²) in [5, 5.41) is 3.66. The van der Waals surface area contributed by atoms with E-state index in [4.69, 9.17) is 0 Å². The molecule has 0 bridgehead atoms. The highest BCUT2D eigenvalue weighted by Crippen LogP contribution is 2.27. The normalized spacial score (nSPS) is 34.5. The van der Waals surface area contributed by atoms with Crippen molar-refractivity contribution in [2.24, 2.45) is 11.3 Å². The van der Waals surface area contributed by atoms with Gasteiger partial charge in [0.1, 0.15) is 0 Å². The molecule has 2 aliphatic rings. The van der Waals surface area contributed by atoms with Gasteiger partial charge in [0.25, 0.3) is 0 Å². The van der Waals surface area contributed by atoms with Crippen LogP contribution in [0, 0.1) is 11.3 Å². The lowest BCUT2D eigenvalue weighted by Gasteiger charge is -2.26. The van der Waals surface area contributed by atoms with Gasteiger partial charge < -0.3 is 10.2 Å². The summed E-state index contributed by atoms with van der Waals surface area (Å²) in [5.41, 5.74) is 0.452. The van der Waals surface area contributed by atoms with E-state index < -0.39 is 0 Å². The van der Waals surface area contributed by atoms with Gasteiger partial charge in [0.05, 0.1) is 0 Å². The molecule has 0 aromatic carbocycles.